The number of hydrogen-bond donors (Lipinski definition) is 1. The Hall–Kier alpha value is -1.88. The van der Waals surface area contributed by atoms with E-state index in [9.17, 15) is 9.90 Å². The number of aryl methyl sites for hydroxylation is 1. The summed E-state index contributed by atoms with van der Waals surface area (Å²) in [6.45, 7) is 2.73. The van der Waals surface area contributed by atoms with Gasteiger partial charge in [0.2, 0.25) is 0 Å². The summed E-state index contributed by atoms with van der Waals surface area (Å²) in [4.78, 5) is 15.9. The SMILES string of the molecule is Cc1nc2c(C(=O)O)cccc2n1C1CCOC1C1CC1. The van der Waals surface area contributed by atoms with E-state index in [0.29, 0.717) is 11.4 Å². The molecular weight excluding hydrogens is 268 g/mol. The Kier molecular flexibility index (Phi) is 2.79. The van der Waals surface area contributed by atoms with Gasteiger partial charge in [0.05, 0.1) is 23.2 Å². The van der Waals surface area contributed by atoms with Crippen LogP contribution in [-0.2, 0) is 4.74 Å². The molecular formula is C16H18N2O3. The van der Waals surface area contributed by atoms with E-state index >= 15 is 0 Å². The highest BCUT2D eigenvalue weighted by Crippen LogP contribution is 2.44. The van der Waals surface area contributed by atoms with E-state index in [1.165, 1.54) is 12.8 Å². The van der Waals surface area contributed by atoms with Crippen LogP contribution in [0.15, 0.2) is 18.2 Å². The van der Waals surface area contributed by atoms with Gasteiger partial charge in [-0.25, -0.2) is 9.78 Å². The van der Waals surface area contributed by atoms with Crippen LogP contribution in [0.3, 0.4) is 0 Å². The highest BCUT2D eigenvalue weighted by atomic mass is 16.5. The zero-order valence-corrected chi connectivity index (χ0v) is 12.0. The van der Waals surface area contributed by atoms with Crippen LogP contribution in [0.25, 0.3) is 11.0 Å². The summed E-state index contributed by atoms with van der Waals surface area (Å²) in [6, 6.07) is 5.66. The summed E-state index contributed by atoms with van der Waals surface area (Å²) in [5, 5.41) is 9.32. The van der Waals surface area contributed by atoms with E-state index in [2.05, 4.69) is 9.55 Å². The molecule has 2 heterocycles. The largest absolute Gasteiger partial charge is 0.478 e. The Morgan fingerprint density at radius 2 is 2.19 bits per heavy atom. The molecule has 1 aliphatic heterocycles. The van der Waals surface area contributed by atoms with E-state index < -0.39 is 5.97 Å². The summed E-state index contributed by atoms with van der Waals surface area (Å²) < 4.78 is 8.12. The number of imidazole rings is 1. The number of para-hydroxylation sites is 1. The molecule has 1 aromatic carbocycles. The minimum Gasteiger partial charge on any atom is -0.478 e. The number of aromatic nitrogens is 2. The fourth-order valence-corrected chi connectivity index (χ4v) is 3.58. The molecule has 2 unspecified atom stereocenters. The quantitative estimate of drug-likeness (QED) is 0.942. The van der Waals surface area contributed by atoms with Gasteiger partial charge in [-0.3, -0.25) is 0 Å². The number of aromatic carboxylic acids is 1. The fraction of sp³-hybridized carbons (Fsp3) is 0.500. The molecule has 4 rings (SSSR count). The molecule has 0 bridgehead atoms. The Morgan fingerprint density at radius 3 is 2.90 bits per heavy atom. The first-order valence-corrected chi connectivity index (χ1v) is 7.49. The zero-order valence-electron chi connectivity index (χ0n) is 12.0. The van der Waals surface area contributed by atoms with E-state index in [4.69, 9.17) is 4.74 Å². The predicted octanol–water partition coefficient (Wildman–Crippen LogP) is 2.78. The van der Waals surface area contributed by atoms with Gasteiger partial charge in [0.25, 0.3) is 0 Å². The first-order chi connectivity index (χ1) is 10.2. The summed E-state index contributed by atoms with van der Waals surface area (Å²) in [7, 11) is 0. The molecule has 1 N–H and O–H groups in total. The smallest absolute Gasteiger partial charge is 0.337 e. The van der Waals surface area contributed by atoms with Crippen LogP contribution in [0, 0.1) is 12.8 Å². The van der Waals surface area contributed by atoms with Gasteiger partial charge in [0, 0.05) is 6.61 Å². The third-order valence-electron chi connectivity index (χ3n) is 4.65. The molecule has 5 nitrogen and oxygen atoms in total. The first-order valence-electron chi connectivity index (χ1n) is 7.49. The van der Waals surface area contributed by atoms with Crippen LogP contribution in [0.1, 0.15) is 41.5 Å². The molecule has 2 fully saturated rings. The third-order valence-corrected chi connectivity index (χ3v) is 4.65. The van der Waals surface area contributed by atoms with Crippen molar-refractivity contribution < 1.29 is 14.6 Å². The minimum absolute atomic E-state index is 0.259. The molecule has 0 amide bonds. The lowest BCUT2D eigenvalue weighted by Gasteiger charge is -2.21. The molecule has 110 valence electrons. The molecule has 2 atom stereocenters. The lowest BCUT2D eigenvalue weighted by atomic mass is 10.1. The number of carboxylic acid groups (broad SMARTS) is 1. The lowest BCUT2D eigenvalue weighted by molar-refractivity contribution is 0.0699. The fourth-order valence-electron chi connectivity index (χ4n) is 3.58. The summed E-state index contributed by atoms with van der Waals surface area (Å²) in [5.74, 6) is 0.614. The number of carboxylic acids is 1. The normalized spacial score (nSPS) is 25.6. The van der Waals surface area contributed by atoms with Crippen LogP contribution < -0.4 is 0 Å². The average molecular weight is 286 g/mol. The third kappa shape index (κ3) is 1.95. The van der Waals surface area contributed by atoms with Gasteiger partial charge in [0.15, 0.2) is 0 Å². The number of hydrogen-bond acceptors (Lipinski definition) is 3. The first kappa shape index (κ1) is 12.8. The second kappa shape index (κ2) is 4.56. The Labute approximate surface area is 122 Å². The maximum atomic E-state index is 11.4. The van der Waals surface area contributed by atoms with Gasteiger partial charge in [-0.05, 0) is 44.2 Å². The molecule has 2 aliphatic rings. The van der Waals surface area contributed by atoms with E-state index in [-0.39, 0.29) is 17.7 Å². The second-order valence-corrected chi connectivity index (χ2v) is 6.04. The van der Waals surface area contributed by atoms with E-state index in [1.807, 2.05) is 13.0 Å². The second-order valence-electron chi connectivity index (χ2n) is 6.04. The number of fused-ring (bicyclic) bond motifs is 1. The molecule has 0 spiro atoms. The molecule has 21 heavy (non-hydrogen) atoms. The molecule has 1 aliphatic carbocycles. The van der Waals surface area contributed by atoms with Crippen molar-refractivity contribution in [3.05, 3.63) is 29.6 Å². The summed E-state index contributed by atoms with van der Waals surface area (Å²) in [6.07, 6.45) is 3.72. The Balaban J connectivity index is 1.86. The Morgan fingerprint density at radius 1 is 1.38 bits per heavy atom. The van der Waals surface area contributed by atoms with Crippen LogP contribution in [0.2, 0.25) is 0 Å². The predicted molar refractivity (Wildman–Crippen MR) is 77.5 cm³/mol. The van der Waals surface area contributed by atoms with Gasteiger partial charge in [0.1, 0.15) is 11.3 Å². The van der Waals surface area contributed by atoms with Crippen molar-refractivity contribution in [3.63, 3.8) is 0 Å². The average Bonchev–Trinajstić information content (AvgIpc) is 3.09. The molecule has 5 heteroatoms. The molecule has 1 saturated carbocycles. The maximum absolute atomic E-state index is 11.4. The van der Waals surface area contributed by atoms with Crippen molar-refractivity contribution >= 4 is 17.0 Å². The summed E-state index contributed by atoms with van der Waals surface area (Å²) >= 11 is 0. The molecule has 0 radical (unpaired) electrons. The monoisotopic (exact) mass is 286 g/mol. The van der Waals surface area contributed by atoms with E-state index in [0.717, 1.165) is 24.4 Å². The summed E-state index contributed by atoms with van der Waals surface area (Å²) in [5.41, 5.74) is 1.77. The van der Waals surface area contributed by atoms with Crippen LogP contribution in [-0.4, -0.2) is 33.3 Å². The van der Waals surface area contributed by atoms with Crippen LogP contribution >= 0.6 is 0 Å². The van der Waals surface area contributed by atoms with Gasteiger partial charge < -0.3 is 14.4 Å². The van der Waals surface area contributed by atoms with Crippen LogP contribution in [0.4, 0.5) is 0 Å². The van der Waals surface area contributed by atoms with Crippen LogP contribution in [0.5, 0.6) is 0 Å². The number of rotatable bonds is 3. The van der Waals surface area contributed by atoms with Gasteiger partial charge in [-0.15, -0.1) is 0 Å². The lowest BCUT2D eigenvalue weighted by Crippen LogP contribution is -2.22. The van der Waals surface area contributed by atoms with Crippen molar-refractivity contribution in [3.8, 4) is 0 Å². The number of benzene rings is 1. The van der Waals surface area contributed by atoms with Gasteiger partial charge in [-0.1, -0.05) is 6.07 Å². The standard InChI is InChI=1S/C16H18N2O3/c1-9-17-14-11(16(19)20)3-2-4-12(14)18(9)13-7-8-21-15(13)10-5-6-10/h2-4,10,13,15H,5-8H2,1H3,(H,19,20). The highest BCUT2D eigenvalue weighted by molar-refractivity contribution is 6.01. The van der Waals surface area contributed by atoms with Crippen molar-refractivity contribution in [1.29, 1.82) is 0 Å². The van der Waals surface area contributed by atoms with Crippen molar-refractivity contribution in [2.75, 3.05) is 6.61 Å². The minimum atomic E-state index is -0.924. The van der Waals surface area contributed by atoms with Gasteiger partial charge in [-0.2, -0.15) is 0 Å². The topological polar surface area (TPSA) is 64.3 Å². The number of nitrogens with zero attached hydrogens (tertiary/aromatic N) is 2. The highest BCUT2D eigenvalue weighted by Gasteiger charge is 2.42. The Bertz CT molecular complexity index is 718. The van der Waals surface area contributed by atoms with Crippen molar-refractivity contribution in [2.24, 2.45) is 5.92 Å². The van der Waals surface area contributed by atoms with E-state index in [1.54, 1.807) is 12.1 Å². The maximum Gasteiger partial charge on any atom is 0.337 e. The number of ether oxygens (including phenoxy) is 1. The zero-order chi connectivity index (χ0) is 14.6. The molecule has 1 aromatic heterocycles. The van der Waals surface area contributed by atoms with Crippen molar-refractivity contribution in [1.82, 2.24) is 9.55 Å². The molecule has 2 aromatic rings. The molecule has 1 saturated heterocycles. The van der Waals surface area contributed by atoms with Gasteiger partial charge >= 0.3 is 5.97 Å². The number of carbonyl (C=O) groups is 1. The van der Waals surface area contributed by atoms with Crippen molar-refractivity contribution in [2.45, 2.75) is 38.3 Å².